The van der Waals surface area contributed by atoms with Crippen LogP contribution in [0.25, 0.3) is 0 Å². The van der Waals surface area contributed by atoms with Crippen molar-refractivity contribution in [3.05, 3.63) is 52.6 Å². The van der Waals surface area contributed by atoms with Gasteiger partial charge in [-0.3, -0.25) is 4.98 Å². The highest BCUT2D eigenvalue weighted by Crippen LogP contribution is 2.39. The van der Waals surface area contributed by atoms with Crippen molar-refractivity contribution in [1.82, 2.24) is 9.97 Å². The highest BCUT2D eigenvalue weighted by Gasteiger charge is 2.28. The zero-order chi connectivity index (χ0) is 18.8. The van der Waals surface area contributed by atoms with Crippen LogP contribution in [0.3, 0.4) is 0 Å². The Morgan fingerprint density at radius 2 is 2.00 bits per heavy atom. The molecule has 4 rings (SSSR count). The molecule has 142 valence electrons. The number of rotatable bonds is 6. The minimum absolute atomic E-state index is 0.0536. The Bertz CT molecular complexity index is 842. The zero-order valence-corrected chi connectivity index (χ0v) is 15.5. The van der Waals surface area contributed by atoms with Gasteiger partial charge in [-0.1, -0.05) is 18.2 Å². The number of hydrogen-bond acceptors (Lipinski definition) is 5. The van der Waals surface area contributed by atoms with Gasteiger partial charge in [0.15, 0.2) is 5.69 Å². The van der Waals surface area contributed by atoms with Crippen LogP contribution in [0.4, 0.5) is 0 Å². The molecule has 1 N–H and O–H groups in total. The Morgan fingerprint density at radius 3 is 2.67 bits per heavy atom. The van der Waals surface area contributed by atoms with E-state index < -0.39 is 5.97 Å². The molecule has 27 heavy (non-hydrogen) atoms. The molecule has 1 saturated carbocycles. The van der Waals surface area contributed by atoms with Gasteiger partial charge < -0.3 is 14.6 Å². The summed E-state index contributed by atoms with van der Waals surface area (Å²) in [6.07, 6.45) is 6.18. The van der Waals surface area contributed by atoms with Crippen LogP contribution < -0.4 is 4.74 Å². The summed E-state index contributed by atoms with van der Waals surface area (Å²) >= 11 is 0. The third-order valence-electron chi connectivity index (χ3n) is 5.42. The van der Waals surface area contributed by atoms with Gasteiger partial charge in [-0.15, -0.1) is 0 Å². The van der Waals surface area contributed by atoms with E-state index in [0.717, 1.165) is 61.5 Å². The van der Waals surface area contributed by atoms with Gasteiger partial charge in [0.1, 0.15) is 5.75 Å². The van der Waals surface area contributed by atoms with Crippen molar-refractivity contribution < 1.29 is 19.4 Å². The number of carbonyl (C=O) groups is 1. The summed E-state index contributed by atoms with van der Waals surface area (Å²) in [6, 6.07) is 6.08. The number of carboxylic acid groups (broad SMARTS) is 1. The summed E-state index contributed by atoms with van der Waals surface area (Å²) in [5.74, 6) is 0.570. The lowest BCUT2D eigenvalue weighted by Crippen LogP contribution is -2.15. The number of para-hydroxylation sites is 1. The number of methoxy groups -OCH3 is 1. The van der Waals surface area contributed by atoms with Gasteiger partial charge >= 0.3 is 5.97 Å². The zero-order valence-electron chi connectivity index (χ0n) is 15.5. The summed E-state index contributed by atoms with van der Waals surface area (Å²) in [5, 5.41) is 9.61. The summed E-state index contributed by atoms with van der Waals surface area (Å²) in [5.41, 5.74) is 3.43. The van der Waals surface area contributed by atoms with Crippen LogP contribution in [0.15, 0.2) is 24.4 Å². The van der Waals surface area contributed by atoms with Crippen LogP contribution in [-0.2, 0) is 11.2 Å². The monoisotopic (exact) mass is 368 g/mol. The molecule has 0 spiro atoms. The maximum Gasteiger partial charge on any atom is 0.356 e. The minimum Gasteiger partial charge on any atom is -0.496 e. The van der Waals surface area contributed by atoms with E-state index >= 15 is 0 Å². The third-order valence-corrected chi connectivity index (χ3v) is 5.42. The number of nitrogens with zero attached hydrogens (tertiary/aromatic N) is 2. The molecule has 1 aliphatic carbocycles. The highest BCUT2D eigenvalue weighted by atomic mass is 16.5. The van der Waals surface area contributed by atoms with Crippen molar-refractivity contribution in [2.45, 2.75) is 43.9 Å². The van der Waals surface area contributed by atoms with E-state index in [1.165, 1.54) is 0 Å². The number of hydrogen-bond donors (Lipinski definition) is 1. The van der Waals surface area contributed by atoms with Crippen molar-refractivity contribution in [2.75, 3.05) is 20.3 Å². The van der Waals surface area contributed by atoms with E-state index in [9.17, 15) is 9.90 Å². The van der Waals surface area contributed by atoms with Crippen LogP contribution in [0.1, 0.15) is 70.5 Å². The summed E-state index contributed by atoms with van der Waals surface area (Å²) in [4.78, 5) is 20.6. The molecule has 2 aromatic rings. The maximum absolute atomic E-state index is 11.7. The first-order valence-electron chi connectivity index (χ1n) is 9.50. The lowest BCUT2D eigenvalue weighted by Gasteiger charge is -2.25. The smallest absolute Gasteiger partial charge is 0.356 e. The Morgan fingerprint density at radius 1 is 1.22 bits per heavy atom. The first kappa shape index (κ1) is 17.9. The SMILES string of the molecule is COc1c(Cc2ncc(C3CC3)nc2C(=O)O)cccc1C1CCOCC1. The normalized spacial score (nSPS) is 17.7. The molecule has 1 aromatic heterocycles. The molecule has 6 nitrogen and oxygen atoms in total. The predicted molar refractivity (Wildman–Crippen MR) is 99.6 cm³/mol. The molecule has 1 aliphatic heterocycles. The quantitative estimate of drug-likeness (QED) is 0.840. The number of carboxylic acids is 1. The molecule has 2 aliphatic rings. The average molecular weight is 368 g/mol. The van der Waals surface area contributed by atoms with Crippen molar-refractivity contribution in [3.8, 4) is 5.75 Å². The van der Waals surface area contributed by atoms with Crippen molar-refractivity contribution in [2.24, 2.45) is 0 Å². The molecule has 1 saturated heterocycles. The molecule has 6 heteroatoms. The fourth-order valence-electron chi connectivity index (χ4n) is 3.81. The molecular weight excluding hydrogens is 344 g/mol. The Kier molecular flexibility index (Phi) is 5.07. The van der Waals surface area contributed by atoms with Crippen molar-refractivity contribution in [1.29, 1.82) is 0 Å². The summed E-state index contributed by atoms with van der Waals surface area (Å²) < 4.78 is 11.2. The number of aromatic carboxylic acids is 1. The lowest BCUT2D eigenvalue weighted by atomic mass is 9.89. The number of benzene rings is 1. The molecule has 0 radical (unpaired) electrons. The standard InChI is InChI=1S/C21H24N2O4/c1-26-20-15(3-2-4-16(20)13-7-9-27-10-8-13)11-17-19(21(24)25)23-18(12-22-17)14-5-6-14/h2-4,12-14H,5-11H2,1H3,(H,24,25). The predicted octanol–water partition coefficient (Wildman–Crippen LogP) is 3.55. The Hall–Kier alpha value is -2.47. The minimum atomic E-state index is -1.03. The second-order valence-corrected chi connectivity index (χ2v) is 7.27. The van der Waals surface area contributed by atoms with E-state index in [4.69, 9.17) is 9.47 Å². The first-order chi connectivity index (χ1) is 13.2. The molecule has 2 heterocycles. The van der Waals surface area contributed by atoms with Crippen LogP contribution >= 0.6 is 0 Å². The fraction of sp³-hybridized carbons (Fsp3) is 0.476. The van der Waals surface area contributed by atoms with Gasteiger partial charge in [0.25, 0.3) is 0 Å². The molecule has 0 amide bonds. The van der Waals surface area contributed by atoms with Crippen molar-refractivity contribution in [3.63, 3.8) is 0 Å². The average Bonchev–Trinajstić information content (AvgIpc) is 3.54. The Labute approximate surface area is 158 Å². The highest BCUT2D eigenvalue weighted by molar-refractivity contribution is 5.86. The second kappa shape index (κ2) is 7.64. The molecule has 2 fully saturated rings. The van der Waals surface area contributed by atoms with Crippen LogP contribution in [0, 0.1) is 0 Å². The van der Waals surface area contributed by atoms with E-state index in [2.05, 4.69) is 16.0 Å². The first-order valence-corrected chi connectivity index (χ1v) is 9.50. The van der Waals surface area contributed by atoms with Gasteiger partial charge in [-0.2, -0.15) is 0 Å². The maximum atomic E-state index is 11.7. The van der Waals surface area contributed by atoms with Gasteiger partial charge in [-0.25, -0.2) is 9.78 Å². The Balaban J connectivity index is 1.67. The number of aromatic nitrogens is 2. The van der Waals surface area contributed by atoms with Crippen LogP contribution in [-0.4, -0.2) is 41.4 Å². The molecule has 0 unspecified atom stereocenters. The molecule has 0 atom stereocenters. The third kappa shape index (κ3) is 3.81. The molecular formula is C21H24N2O4. The summed E-state index contributed by atoms with van der Waals surface area (Å²) in [7, 11) is 1.67. The van der Waals surface area contributed by atoms with Gasteiger partial charge in [-0.05, 0) is 37.2 Å². The molecule has 0 bridgehead atoms. The molecule has 1 aromatic carbocycles. The van der Waals surface area contributed by atoms with Gasteiger partial charge in [0, 0.05) is 37.3 Å². The van der Waals surface area contributed by atoms with E-state index in [1.807, 2.05) is 12.1 Å². The van der Waals surface area contributed by atoms with Crippen LogP contribution in [0.2, 0.25) is 0 Å². The van der Waals surface area contributed by atoms with E-state index in [1.54, 1.807) is 13.3 Å². The van der Waals surface area contributed by atoms with Crippen molar-refractivity contribution >= 4 is 5.97 Å². The largest absolute Gasteiger partial charge is 0.496 e. The number of ether oxygens (including phenoxy) is 2. The van der Waals surface area contributed by atoms with E-state index in [-0.39, 0.29) is 5.69 Å². The van der Waals surface area contributed by atoms with E-state index in [0.29, 0.717) is 24.0 Å². The fourth-order valence-corrected chi connectivity index (χ4v) is 3.81. The van der Waals surface area contributed by atoms with Crippen LogP contribution in [0.5, 0.6) is 5.75 Å². The summed E-state index contributed by atoms with van der Waals surface area (Å²) in [6.45, 7) is 1.52. The van der Waals surface area contributed by atoms with Gasteiger partial charge in [0.05, 0.1) is 18.5 Å². The lowest BCUT2D eigenvalue weighted by molar-refractivity contribution is 0.0688. The van der Waals surface area contributed by atoms with Gasteiger partial charge in [0.2, 0.25) is 0 Å². The topological polar surface area (TPSA) is 81.5 Å². The second-order valence-electron chi connectivity index (χ2n) is 7.27.